The second-order valence-corrected chi connectivity index (χ2v) is 8.88. The Kier molecular flexibility index (Phi) is 6.14. The third-order valence-electron chi connectivity index (χ3n) is 5.58. The summed E-state index contributed by atoms with van der Waals surface area (Å²) in [5, 5.41) is 2.87. The molecule has 3 aromatic carbocycles. The van der Waals surface area contributed by atoms with Crippen LogP contribution in [-0.4, -0.2) is 17.6 Å². The minimum atomic E-state index is -0.187. The maximum absolute atomic E-state index is 12.9. The predicted molar refractivity (Wildman–Crippen MR) is 129 cm³/mol. The molecule has 0 bridgehead atoms. The first-order chi connectivity index (χ1) is 15.0. The molecule has 31 heavy (non-hydrogen) atoms. The Morgan fingerprint density at radius 2 is 1.81 bits per heavy atom. The van der Waals surface area contributed by atoms with E-state index >= 15 is 0 Å². The van der Waals surface area contributed by atoms with E-state index in [4.69, 9.17) is 0 Å². The van der Waals surface area contributed by atoms with Gasteiger partial charge in [-0.2, -0.15) is 0 Å². The molecule has 1 aliphatic rings. The molecule has 3 aromatic rings. The number of hydrogen-bond donors (Lipinski definition) is 1. The van der Waals surface area contributed by atoms with E-state index in [-0.39, 0.29) is 17.2 Å². The van der Waals surface area contributed by atoms with Crippen molar-refractivity contribution in [3.8, 4) is 0 Å². The molecule has 1 fully saturated rings. The van der Waals surface area contributed by atoms with Gasteiger partial charge >= 0.3 is 0 Å². The molecule has 158 valence electrons. The second kappa shape index (κ2) is 8.98. The van der Waals surface area contributed by atoms with Crippen LogP contribution in [0, 0.1) is 13.8 Å². The number of amides is 2. The molecule has 0 spiro atoms. The number of nitrogens with one attached hydrogen (secondary N) is 1. The lowest BCUT2D eigenvalue weighted by molar-refractivity contribution is -0.115. The van der Waals surface area contributed by atoms with Crippen LogP contribution < -0.4 is 10.2 Å². The molecule has 1 N–H and O–H groups in total. The van der Waals surface area contributed by atoms with Gasteiger partial charge in [0.15, 0.2) is 0 Å². The number of anilines is 2. The number of rotatable bonds is 5. The molecule has 1 unspecified atom stereocenters. The van der Waals surface area contributed by atoms with Crippen LogP contribution in [0.4, 0.5) is 11.4 Å². The third-order valence-corrected chi connectivity index (χ3v) is 6.77. The maximum Gasteiger partial charge on any atom is 0.255 e. The van der Waals surface area contributed by atoms with Gasteiger partial charge in [-0.1, -0.05) is 55.0 Å². The number of para-hydroxylation sites is 1. The monoisotopic (exact) mass is 430 g/mol. The molecule has 1 aliphatic heterocycles. The standard InChI is InChI=1S/C26H26N2O2S/c1-4-19-10-12-20(13-11-19)25(30)27-22-8-6-5-7-21(22)26-28(24(29)16-31-26)23-14-9-17(2)15-18(23)3/h5-15,26H,4,16H2,1-3H3,(H,27,30). The number of nitrogens with zero attached hydrogens (tertiary/aromatic N) is 1. The predicted octanol–water partition coefficient (Wildman–Crippen LogP) is 5.90. The van der Waals surface area contributed by atoms with Crippen molar-refractivity contribution in [3.63, 3.8) is 0 Å². The van der Waals surface area contributed by atoms with Crippen LogP contribution in [0.15, 0.2) is 66.7 Å². The van der Waals surface area contributed by atoms with Crippen LogP contribution >= 0.6 is 11.8 Å². The summed E-state index contributed by atoms with van der Waals surface area (Å²) in [7, 11) is 0. The number of carbonyl (C=O) groups is 2. The van der Waals surface area contributed by atoms with Crippen molar-refractivity contribution in [2.45, 2.75) is 32.6 Å². The van der Waals surface area contributed by atoms with Crippen molar-refractivity contribution in [1.29, 1.82) is 0 Å². The normalized spacial score (nSPS) is 15.9. The average molecular weight is 431 g/mol. The fraction of sp³-hybridized carbons (Fsp3) is 0.231. The number of hydrogen-bond acceptors (Lipinski definition) is 3. The highest BCUT2D eigenvalue weighted by Crippen LogP contribution is 2.45. The van der Waals surface area contributed by atoms with E-state index in [0.717, 1.165) is 28.9 Å². The Morgan fingerprint density at radius 1 is 1.06 bits per heavy atom. The molecule has 1 saturated heterocycles. The molecule has 4 nitrogen and oxygen atoms in total. The lowest BCUT2D eigenvalue weighted by atomic mass is 10.1. The van der Waals surface area contributed by atoms with Crippen LogP contribution in [0.2, 0.25) is 0 Å². The highest BCUT2D eigenvalue weighted by atomic mass is 32.2. The Hall–Kier alpha value is -3.05. The first kappa shape index (κ1) is 21.2. The molecule has 0 aromatic heterocycles. The highest BCUT2D eigenvalue weighted by molar-refractivity contribution is 8.00. The third kappa shape index (κ3) is 4.37. The van der Waals surface area contributed by atoms with Gasteiger partial charge in [0, 0.05) is 22.5 Å². The van der Waals surface area contributed by atoms with E-state index in [1.165, 1.54) is 11.1 Å². The van der Waals surface area contributed by atoms with Gasteiger partial charge in [0.05, 0.1) is 5.75 Å². The van der Waals surface area contributed by atoms with Gasteiger partial charge in [-0.15, -0.1) is 11.8 Å². The molecule has 0 radical (unpaired) electrons. The Balaban J connectivity index is 1.65. The van der Waals surface area contributed by atoms with Gasteiger partial charge in [0.1, 0.15) is 5.37 Å². The molecule has 1 atom stereocenters. The maximum atomic E-state index is 12.9. The fourth-order valence-electron chi connectivity index (χ4n) is 3.90. The van der Waals surface area contributed by atoms with Crippen LogP contribution in [-0.2, 0) is 11.2 Å². The van der Waals surface area contributed by atoms with E-state index in [9.17, 15) is 9.59 Å². The quantitative estimate of drug-likeness (QED) is 0.548. The largest absolute Gasteiger partial charge is 0.322 e. The van der Waals surface area contributed by atoms with Crippen molar-refractivity contribution >= 4 is 35.0 Å². The minimum absolute atomic E-state index is 0.0817. The summed E-state index contributed by atoms with van der Waals surface area (Å²) in [5.74, 6) is 0.347. The van der Waals surface area contributed by atoms with Gasteiger partial charge in [-0.05, 0) is 55.7 Å². The van der Waals surface area contributed by atoms with Crippen LogP contribution in [0.25, 0.3) is 0 Å². The van der Waals surface area contributed by atoms with Gasteiger partial charge in [0.2, 0.25) is 5.91 Å². The summed E-state index contributed by atoms with van der Waals surface area (Å²) in [6.45, 7) is 6.17. The Morgan fingerprint density at radius 3 is 2.52 bits per heavy atom. The fourth-order valence-corrected chi connectivity index (χ4v) is 5.11. The zero-order valence-corrected chi connectivity index (χ0v) is 18.8. The van der Waals surface area contributed by atoms with E-state index in [1.807, 2.05) is 79.4 Å². The zero-order valence-electron chi connectivity index (χ0n) is 18.0. The van der Waals surface area contributed by atoms with E-state index in [2.05, 4.69) is 18.3 Å². The van der Waals surface area contributed by atoms with Gasteiger partial charge in [-0.3, -0.25) is 14.5 Å². The first-order valence-corrected chi connectivity index (χ1v) is 11.5. The summed E-state index contributed by atoms with van der Waals surface area (Å²) in [5.41, 5.74) is 6.63. The van der Waals surface area contributed by atoms with Crippen molar-refractivity contribution in [1.82, 2.24) is 0 Å². The number of aryl methyl sites for hydroxylation is 3. The molecule has 0 saturated carbocycles. The summed E-state index contributed by atoms with van der Waals surface area (Å²) >= 11 is 1.59. The minimum Gasteiger partial charge on any atom is -0.322 e. The van der Waals surface area contributed by atoms with Crippen molar-refractivity contribution in [2.75, 3.05) is 16.0 Å². The first-order valence-electron chi connectivity index (χ1n) is 10.5. The average Bonchev–Trinajstić information content (AvgIpc) is 3.15. The van der Waals surface area contributed by atoms with Gasteiger partial charge in [0.25, 0.3) is 5.91 Å². The van der Waals surface area contributed by atoms with Crippen molar-refractivity contribution < 1.29 is 9.59 Å². The van der Waals surface area contributed by atoms with Gasteiger partial charge in [-0.25, -0.2) is 0 Å². The molecular weight excluding hydrogens is 404 g/mol. The molecular formula is C26H26N2O2S. The highest BCUT2D eigenvalue weighted by Gasteiger charge is 2.36. The van der Waals surface area contributed by atoms with E-state index < -0.39 is 0 Å². The number of thioether (sulfide) groups is 1. The molecule has 0 aliphatic carbocycles. The van der Waals surface area contributed by atoms with Crippen LogP contribution in [0.3, 0.4) is 0 Å². The van der Waals surface area contributed by atoms with E-state index in [0.29, 0.717) is 11.3 Å². The topological polar surface area (TPSA) is 49.4 Å². The summed E-state index contributed by atoms with van der Waals surface area (Å²) in [4.78, 5) is 27.6. The summed E-state index contributed by atoms with van der Waals surface area (Å²) < 4.78 is 0. The van der Waals surface area contributed by atoms with Crippen molar-refractivity contribution in [2.24, 2.45) is 0 Å². The molecule has 2 amide bonds. The van der Waals surface area contributed by atoms with Gasteiger partial charge < -0.3 is 5.32 Å². The summed E-state index contributed by atoms with van der Waals surface area (Å²) in [6.07, 6.45) is 0.936. The van der Waals surface area contributed by atoms with E-state index in [1.54, 1.807) is 11.8 Å². The lowest BCUT2D eigenvalue weighted by Gasteiger charge is -2.27. The zero-order chi connectivity index (χ0) is 22.0. The SMILES string of the molecule is CCc1ccc(C(=O)Nc2ccccc2C2SCC(=O)N2c2ccc(C)cc2C)cc1. The summed E-state index contributed by atoms with van der Waals surface area (Å²) in [6, 6.07) is 21.5. The van der Waals surface area contributed by atoms with Crippen LogP contribution in [0.1, 0.15) is 44.9 Å². The lowest BCUT2D eigenvalue weighted by Crippen LogP contribution is -2.29. The van der Waals surface area contributed by atoms with Crippen molar-refractivity contribution in [3.05, 3.63) is 94.5 Å². The molecule has 5 heteroatoms. The second-order valence-electron chi connectivity index (χ2n) is 7.81. The molecule has 1 heterocycles. The smallest absolute Gasteiger partial charge is 0.255 e. The van der Waals surface area contributed by atoms with Crippen LogP contribution in [0.5, 0.6) is 0 Å². The number of carbonyl (C=O) groups excluding carboxylic acids is 2. The Labute approximate surface area is 187 Å². The number of benzene rings is 3. The molecule has 4 rings (SSSR count). The Bertz CT molecular complexity index is 1120.